The van der Waals surface area contributed by atoms with Crippen LogP contribution in [0.1, 0.15) is 30.4 Å². The number of anilines is 2. The van der Waals surface area contributed by atoms with Crippen LogP contribution in [-0.4, -0.2) is 48.6 Å². The Bertz CT molecular complexity index is 433. The second kappa shape index (κ2) is 6.72. The van der Waals surface area contributed by atoms with Crippen LogP contribution in [0.15, 0.2) is 0 Å². The van der Waals surface area contributed by atoms with Gasteiger partial charge in [0.1, 0.15) is 10.7 Å². The zero-order chi connectivity index (χ0) is 14.6. The van der Waals surface area contributed by atoms with E-state index in [4.69, 9.17) is 10.5 Å². The highest BCUT2D eigenvalue weighted by molar-refractivity contribution is 7.18. The molecule has 1 aromatic rings. The second-order valence-corrected chi connectivity index (χ2v) is 5.75. The Morgan fingerprint density at radius 1 is 1.53 bits per heavy atom. The maximum Gasteiger partial charge on any atom is 0.267 e. The number of methoxy groups -OCH3 is 1. The van der Waals surface area contributed by atoms with Gasteiger partial charge >= 0.3 is 0 Å². The third-order valence-electron chi connectivity index (χ3n) is 2.65. The van der Waals surface area contributed by atoms with E-state index in [1.807, 2.05) is 20.8 Å². The van der Waals surface area contributed by atoms with Crippen LogP contribution in [-0.2, 0) is 4.74 Å². The van der Waals surface area contributed by atoms with Crippen LogP contribution in [0.2, 0.25) is 0 Å². The standard InChI is InChI=1S/C12H22N4O2S/c1-7(2)14-12-15-10(13)9(19-12)11(17)16(4)8(3)6-18-5/h7-8H,6,13H2,1-5H3,(H,14,15). The van der Waals surface area contributed by atoms with Crippen molar-refractivity contribution in [1.82, 2.24) is 9.88 Å². The lowest BCUT2D eigenvalue weighted by Crippen LogP contribution is -2.37. The van der Waals surface area contributed by atoms with Crippen molar-refractivity contribution < 1.29 is 9.53 Å². The minimum absolute atomic E-state index is 0.0134. The molecule has 6 nitrogen and oxygen atoms in total. The third kappa shape index (κ3) is 4.07. The van der Waals surface area contributed by atoms with Gasteiger partial charge in [-0.25, -0.2) is 4.98 Å². The Kier molecular flexibility index (Phi) is 5.56. The molecule has 0 aliphatic heterocycles. The van der Waals surface area contributed by atoms with Crippen molar-refractivity contribution in [2.45, 2.75) is 32.9 Å². The highest BCUT2D eigenvalue weighted by Crippen LogP contribution is 2.27. The fourth-order valence-corrected chi connectivity index (χ4v) is 2.52. The predicted octanol–water partition coefficient (Wildman–Crippen LogP) is 1.65. The maximum absolute atomic E-state index is 12.3. The maximum atomic E-state index is 12.3. The lowest BCUT2D eigenvalue weighted by molar-refractivity contribution is 0.0639. The molecule has 0 aliphatic rings. The summed E-state index contributed by atoms with van der Waals surface area (Å²) in [7, 11) is 3.35. The topological polar surface area (TPSA) is 80.5 Å². The number of nitrogen functional groups attached to an aromatic ring is 1. The van der Waals surface area contributed by atoms with Crippen LogP contribution in [0.4, 0.5) is 10.9 Å². The number of hydrogen-bond donors (Lipinski definition) is 2. The molecule has 1 rings (SSSR count). The Balaban J connectivity index is 2.84. The van der Waals surface area contributed by atoms with Crippen molar-refractivity contribution >= 4 is 28.2 Å². The summed E-state index contributed by atoms with van der Waals surface area (Å²) in [6.45, 7) is 6.42. The summed E-state index contributed by atoms with van der Waals surface area (Å²) in [5.74, 6) is 0.144. The minimum atomic E-state index is -0.128. The summed E-state index contributed by atoms with van der Waals surface area (Å²) in [6, 6.07) is 0.235. The van der Waals surface area contributed by atoms with Gasteiger partial charge in [-0.2, -0.15) is 0 Å². The molecule has 3 N–H and O–H groups in total. The molecule has 19 heavy (non-hydrogen) atoms. The Hall–Kier alpha value is -1.34. The number of aromatic nitrogens is 1. The van der Waals surface area contributed by atoms with E-state index in [-0.39, 0.29) is 23.8 Å². The molecule has 0 bridgehead atoms. The first-order valence-electron chi connectivity index (χ1n) is 6.15. The molecule has 0 spiro atoms. The number of rotatable bonds is 6. The van der Waals surface area contributed by atoms with Crippen molar-refractivity contribution in [2.75, 3.05) is 31.8 Å². The average Bonchev–Trinajstić information content (AvgIpc) is 2.67. The first-order valence-corrected chi connectivity index (χ1v) is 6.97. The molecule has 1 amide bonds. The summed E-state index contributed by atoms with van der Waals surface area (Å²) in [5.41, 5.74) is 5.81. The van der Waals surface area contributed by atoms with Crippen LogP contribution < -0.4 is 11.1 Å². The van der Waals surface area contributed by atoms with E-state index in [1.54, 1.807) is 19.1 Å². The van der Waals surface area contributed by atoms with Crippen molar-refractivity contribution in [1.29, 1.82) is 0 Å². The van der Waals surface area contributed by atoms with Crippen molar-refractivity contribution in [3.05, 3.63) is 4.88 Å². The number of carbonyl (C=O) groups excluding carboxylic acids is 1. The van der Waals surface area contributed by atoms with Gasteiger partial charge in [-0.1, -0.05) is 11.3 Å². The molecular formula is C12H22N4O2S. The van der Waals surface area contributed by atoms with Crippen molar-refractivity contribution in [3.8, 4) is 0 Å². The number of thiazole rings is 1. The summed E-state index contributed by atoms with van der Waals surface area (Å²) < 4.78 is 5.05. The Morgan fingerprint density at radius 2 is 2.16 bits per heavy atom. The van der Waals surface area contributed by atoms with Crippen LogP contribution in [0, 0.1) is 0 Å². The number of carbonyl (C=O) groups is 1. The van der Waals surface area contributed by atoms with Gasteiger partial charge in [-0.3, -0.25) is 4.79 Å². The molecule has 1 aromatic heterocycles. The number of amides is 1. The highest BCUT2D eigenvalue weighted by atomic mass is 32.1. The minimum Gasteiger partial charge on any atom is -0.383 e. The largest absolute Gasteiger partial charge is 0.383 e. The first-order chi connectivity index (χ1) is 8.86. The lowest BCUT2D eigenvalue weighted by Gasteiger charge is -2.23. The SMILES string of the molecule is COCC(C)N(C)C(=O)c1sc(NC(C)C)nc1N. The van der Waals surface area contributed by atoms with Crippen LogP contribution in [0.5, 0.6) is 0 Å². The molecule has 1 unspecified atom stereocenters. The number of nitrogens with two attached hydrogens (primary N) is 1. The Morgan fingerprint density at radius 3 is 2.68 bits per heavy atom. The van der Waals surface area contributed by atoms with Gasteiger partial charge in [-0.15, -0.1) is 0 Å². The van der Waals surface area contributed by atoms with Crippen LogP contribution >= 0.6 is 11.3 Å². The smallest absolute Gasteiger partial charge is 0.267 e. The second-order valence-electron chi connectivity index (χ2n) is 4.75. The molecule has 0 aromatic carbocycles. The number of ether oxygens (including phenoxy) is 1. The van der Waals surface area contributed by atoms with E-state index in [2.05, 4.69) is 10.3 Å². The van der Waals surface area contributed by atoms with Gasteiger partial charge in [0.15, 0.2) is 5.13 Å². The van der Waals surface area contributed by atoms with E-state index < -0.39 is 0 Å². The summed E-state index contributed by atoms with van der Waals surface area (Å²) in [5, 5.41) is 3.82. The van der Waals surface area contributed by atoms with E-state index >= 15 is 0 Å². The number of nitrogens with one attached hydrogen (secondary N) is 1. The normalized spacial score (nSPS) is 12.5. The fraction of sp³-hybridized carbons (Fsp3) is 0.667. The molecule has 0 saturated carbocycles. The van der Waals surface area contributed by atoms with Gasteiger partial charge in [0.2, 0.25) is 0 Å². The van der Waals surface area contributed by atoms with E-state index in [1.165, 1.54) is 11.3 Å². The number of nitrogens with zero attached hydrogens (tertiary/aromatic N) is 2. The van der Waals surface area contributed by atoms with Gasteiger partial charge in [0.05, 0.1) is 12.6 Å². The quantitative estimate of drug-likeness (QED) is 0.831. The molecule has 108 valence electrons. The first kappa shape index (κ1) is 15.7. The molecule has 0 aliphatic carbocycles. The van der Waals surface area contributed by atoms with Crippen LogP contribution in [0.25, 0.3) is 0 Å². The summed E-state index contributed by atoms with van der Waals surface area (Å²) >= 11 is 1.28. The van der Waals surface area contributed by atoms with E-state index in [0.717, 1.165) is 0 Å². The molecule has 0 radical (unpaired) electrons. The zero-order valence-electron chi connectivity index (χ0n) is 12.1. The van der Waals surface area contributed by atoms with Gasteiger partial charge < -0.3 is 20.7 Å². The van der Waals surface area contributed by atoms with Gasteiger partial charge in [-0.05, 0) is 20.8 Å². The molecule has 1 atom stereocenters. The van der Waals surface area contributed by atoms with Gasteiger partial charge in [0, 0.05) is 20.2 Å². The van der Waals surface area contributed by atoms with Crippen molar-refractivity contribution in [2.24, 2.45) is 0 Å². The molecule has 0 fully saturated rings. The fourth-order valence-electron chi connectivity index (χ4n) is 1.51. The van der Waals surface area contributed by atoms with E-state index in [9.17, 15) is 4.79 Å². The predicted molar refractivity (Wildman–Crippen MR) is 78.7 cm³/mol. The summed E-state index contributed by atoms with van der Waals surface area (Å²) in [6.07, 6.45) is 0. The van der Waals surface area contributed by atoms with E-state index in [0.29, 0.717) is 16.6 Å². The third-order valence-corrected chi connectivity index (χ3v) is 3.64. The lowest BCUT2D eigenvalue weighted by atomic mass is 10.3. The highest BCUT2D eigenvalue weighted by Gasteiger charge is 2.23. The van der Waals surface area contributed by atoms with Gasteiger partial charge in [0.25, 0.3) is 5.91 Å². The molecular weight excluding hydrogens is 264 g/mol. The zero-order valence-corrected chi connectivity index (χ0v) is 12.9. The summed E-state index contributed by atoms with van der Waals surface area (Å²) in [4.78, 5) is 18.6. The number of likely N-dealkylation sites (N-methyl/N-ethyl adjacent to an activating group) is 1. The number of hydrogen-bond acceptors (Lipinski definition) is 6. The molecule has 7 heteroatoms. The molecule has 1 heterocycles. The monoisotopic (exact) mass is 286 g/mol. The van der Waals surface area contributed by atoms with Crippen molar-refractivity contribution in [3.63, 3.8) is 0 Å². The van der Waals surface area contributed by atoms with Crippen LogP contribution in [0.3, 0.4) is 0 Å². The Labute approximate surface area is 118 Å². The average molecular weight is 286 g/mol. The molecule has 0 saturated heterocycles.